The third-order valence-corrected chi connectivity index (χ3v) is 5.28. The Morgan fingerprint density at radius 1 is 1.44 bits per heavy atom. The van der Waals surface area contributed by atoms with Crippen LogP contribution < -0.4 is 5.32 Å². The maximum Gasteiger partial charge on any atom is 0.226 e. The Labute approximate surface area is 166 Å². The molecular weight excluding hydrogens is 362 g/mol. The highest BCUT2D eigenvalue weighted by atomic mass is 35.5. The highest BCUT2D eigenvalue weighted by Crippen LogP contribution is 2.26. The van der Waals surface area contributed by atoms with E-state index in [9.17, 15) is 4.79 Å². The van der Waals surface area contributed by atoms with Crippen LogP contribution in [0.2, 0.25) is 5.02 Å². The summed E-state index contributed by atoms with van der Waals surface area (Å²) in [4.78, 5) is 19.4. The van der Waals surface area contributed by atoms with E-state index in [2.05, 4.69) is 22.1 Å². The van der Waals surface area contributed by atoms with Crippen LogP contribution in [-0.2, 0) is 11.3 Å². The quantitative estimate of drug-likeness (QED) is 0.711. The van der Waals surface area contributed by atoms with Crippen LogP contribution in [0.3, 0.4) is 0 Å². The number of aromatic nitrogens is 1. The molecule has 1 aromatic heterocycles. The Kier molecular flexibility index (Phi) is 6.91. The molecule has 1 aliphatic rings. The molecule has 5 nitrogen and oxygen atoms in total. The van der Waals surface area contributed by atoms with Crippen LogP contribution >= 0.6 is 11.6 Å². The number of unbranched alkanes of at least 4 members (excludes halogenated alkanes) is 1. The fourth-order valence-electron chi connectivity index (χ4n) is 3.48. The van der Waals surface area contributed by atoms with Gasteiger partial charge < -0.3 is 9.73 Å². The summed E-state index contributed by atoms with van der Waals surface area (Å²) >= 11 is 6.07. The predicted molar refractivity (Wildman–Crippen MR) is 108 cm³/mol. The van der Waals surface area contributed by atoms with Gasteiger partial charge in [0.2, 0.25) is 11.8 Å². The minimum atomic E-state index is 0.0650. The Morgan fingerprint density at radius 3 is 3.07 bits per heavy atom. The second-order valence-electron chi connectivity index (χ2n) is 7.25. The van der Waals surface area contributed by atoms with Gasteiger partial charge in [-0.2, -0.15) is 0 Å². The normalized spacial score (nSPS) is 17.8. The molecule has 1 aliphatic heterocycles. The molecule has 0 bridgehead atoms. The number of aryl methyl sites for hydroxylation is 1. The lowest BCUT2D eigenvalue weighted by Gasteiger charge is -2.31. The standard InChI is InChI=1S/C21H28ClN3O2/c1-3-4-10-23-20(26)17-8-6-11-25(13-17)14-19-15(2)27-21(24-19)16-7-5-9-18(22)12-16/h5,7,9,12,17H,3-4,6,8,10-11,13-14H2,1-2H3,(H,23,26). The summed E-state index contributed by atoms with van der Waals surface area (Å²) in [5.41, 5.74) is 1.81. The van der Waals surface area contributed by atoms with Crippen molar-refractivity contribution < 1.29 is 9.21 Å². The molecule has 3 rings (SSSR count). The summed E-state index contributed by atoms with van der Waals surface area (Å²) in [6, 6.07) is 7.52. The number of benzene rings is 1. The minimum absolute atomic E-state index is 0.0650. The average molecular weight is 390 g/mol. The van der Waals surface area contributed by atoms with Crippen LogP contribution in [0.15, 0.2) is 28.7 Å². The van der Waals surface area contributed by atoms with E-state index >= 15 is 0 Å². The second kappa shape index (κ2) is 9.38. The van der Waals surface area contributed by atoms with Crippen molar-refractivity contribution in [2.75, 3.05) is 19.6 Å². The van der Waals surface area contributed by atoms with Gasteiger partial charge in [-0.15, -0.1) is 0 Å². The number of likely N-dealkylation sites (tertiary alicyclic amines) is 1. The number of nitrogens with zero attached hydrogens (tertiary/aromatic N) is 2. The molecule has 1 saturated heterocycles. The summed E-state index contributed by atoms with van der Waals surface area (Å²) in [5.74, 6) is 1.66. The Morgan fingerprint density at radius 2 is 2.30 bits per heavy atom. The molecule has 6 heteroatoms. The van der Waals surface area contributed by atoms with E-state index in [0.717, 1.165) is 62.3 Å². The maximum atomic E-state index is 12.4. The lowest BCUT2D eigenvalue weighted by Crippen LogP contribution is -2.43. The molecule has 27 heavy (non-hydrogen) atoms. The van der Waals surface area contributed by atoms with Crippen molar-refractivity contribution in [3.05, 3.63) is 40.7 Å². The van der Waals surface area contributed by atoms with Crippen LogP contribution in [0.25, 0.3) is 11.5 Å². The minimum Gasteiger partial charge on any atom is -0.441 e. The highest BCUT2D eigenvalue weighted by molar-refractivity contribution is 6.30. The van der Waals surface area contributed by atoms with Crippen molar-refractivity contribution in [3.63, 3.8) is 0 Å². The molecule has 1 amide bonds. The van der Waals surface area contributed by atoms with Gasteiger partial charge in [-0.1, -0.05) is 31.0 Å². The van der Waals surface area contributed by atoms with Gasteiger partial charge in [0.25, 0.3) is 0 Å². The molecule has 0 saturated carbocycles. The third kappa shape index (κ3) is 5.33. The fraction of sp³-hybridized carbons (Fsp3) is 0.524. The molecule has 2 aromatic rings. The highest BCUT2D eigenvalue weighted by Gasteiger charge is 2.26. The number of carbonyl (C=O) groups excluding carboxylic acids is 1. The molecule has 146 valence electrons. The lowest BCUT2D eigenvalue weighted by atomic mass is 9.97. The SMILES string of the molecule is CCCCNC(=O)C1CCCN(Cc2nc(-c3cccc(Cl)c3)oc2C)C1. The summed E-state index contributed by atoms with van der Waals surface area (Å²) in [5, 5.41) is 3.73. The number of hydrogen-bond acceptors (Lipinski definition) is 4. The second-order valence-corrected chi connectivity index (χ2v) is 7.69. The van der Waals surface area contributed by atoms with E-state index in [0.29, 0.717) is 17.5 Å². The number of oxazole rings is 1. The van der Waals surface area contributed by atoms with E-state index in [1.165, 1.54) is 0 Å². The zero-order chi connectivity index (χ0) is 19.2. The van der Waals surface area contributed by atoms with Gasteiger partial charge in [0.1, 0.15) is 5.76 Å². The first-order valence-electron chi connectivity index (χ1n) is 9.79. The average Bonchev–Trinajstić information content (AvgIpc) is 3.03. The number of rotatable bonds is 7. The first-order valence-corrected chi connectivity index (χ1v) is 10.2. The molecule has 1 atom stereocenters. The van der Waals surface area contributed by atoms with Crippen LogP contribution in [-0.4, -0.2) is 35.4 Å². The first-order chi connectivity index (χ1) is 13.1. The van der Waals surface area contributed by atoms with Crippen molar-refractivity contribution in [1.82, 2.24) is 15.2 Å². The lowest BCUT2D eigenvalue weighted by molar-refractivity contribution is -0.126. The Hall–Kier alpha value is -1.85. The number of carbonyl (C=O) groups is 1. The number of amides is 1. The van der Waals surface area contributed by atoms with Crippen molar-refractivity contribution >= 4 is 17.5 Å². The van der Waals surface area contributed by atoms with E-state index in [1.807, 2.05) is 31.2 Å². The summed E-state index contributed by atoms with van der Waals surface area (Å²) in [6.45, 7) is 7.31. The van der Waals surface area contributed by atoms with Crippen molar-refractivity contribution in [3.8, 4) is 11.5 Å². The zero-order valence-corrected chi connectivity index (χ0v) is 16.9. The molecule has 1 unspecified atom stereocenters. The van der Waals surface area contributed by atoms with Gasteiger partial charge in [0.15, 0.2) is 0 Å². The fourth-order valence-corrected chi connectivity index (χ4v) is 3.67. The van der Waals surface area contributed by atoms with Gasteiger partial charge in [0, 0.05) is 30.2 Å². The third-order valence-electron chi connectivity index (χ3n) is 5.04. The van der Waals surface area contributed by atoms with Crippen molar-refractivity contribution in [2.45, 2.75) is 46.1 Å². The van der Waals surface area contributed by atoms with Crippen molar-refractivity contribution in [2.24, 2.45) is 5.92 Å². The number of nitrogens with one attached hydrogen (secondary N) is 1. The summed E-state index contributed by atoms with van der Waals surface area (Å²) in [6.07, 6.45) is 4.12. The molecule has 1 fully saturated rings. The van der Waals surface area contributed by atoms with Gasteiger partial charge in [-0.05, 0) is 50.9 Å². The summed E-state index contributed by atoms with van der Waals surface area (Å²) in [7, 11) is 0. The number of piperidine rings is 1. The van der Waals surface area contributed by atoms with Crippen molar-refractivity contribution in [1.29, 1.82) is 0 Å². The van der Waals surface area contributed by atoms with Crippen LogP contribution in [0.4, 0.5) is 0 Å². The topological polar surface area (TPSA) is 58.4 Å². The van der Waals surface area contributed by atoms with Gasteiger partial charge >= 0.3 is 0 Å². The number of hydrogen-bond donors (Lipinski definition) is 1. The Balaban J connectivity index is 1.62. The van der Waals surface area contributed by atoms with Gasteiger partial charge in [-0.3, -0.25) is 9.69 Å². The van der Waals surface area contributed by atoms with E-state index in [4.69, 9.17) is 16.0 Å². The molecule has 2 heterocycles. The molecule has 0 radical (unpaired) electrons. The van der Waals surface area contributed by atoms with E-state index in [1.54, 1.807) is 0 Å². The monoisotopic (exact) mass is 389 g/mol. The molecule has 0 aliphatic carbocycles. The van der Waals surface area contributed by atoms with E-state index < -0.39 is 0 Å². The smallest absolute Gasteiger partial charge is 0.226 e. The van der Waals surface area contributed by atoms with Crippen LogP contribution in [0, 0.1) is 12.8 Å². The molecule has 1 aromatic carbocycles. The Bertz CT molecular complexity index is 775. The summed E-state index contributed by atoms with van der Waals surface area (Å²) < 4.78 is 5.86. The van der Waals surface area contributed by atoms with Crippen LogP contribution in [0.1, 0.15) is 44.1 Å². The molecule has 1 N–H and O–H groups in total. The number of halogens is 1. The zero-order valence-electron chi connectivity index (χ0n) is 16.1. The van der Waals surface area contributed by atoms with Gasteiger partial charge in [-0.25, -0.2) is 4.98 Å². The van der Waals surface area contributed by atoms with Gasteiger partial charge in [0.05, 0.1) is 11.6 Å². The van der Waals surface area contributed by atoms with E-state index in [-0.39, 0.29) is 11.8 Å². The first kappa shape index (κ1) is 19.9. The predicted octanol–water partition coefficient (Wildman–Crippen LogP) is 4.43. The van der Waals surface area contributed by atoms with Crippen LogP contribution in [0.5, 0.6) is 0 Å². The molecule has 0 spiro atoms. The maximum absolute atomic E-state index is 12.4. The largest absolute Gasteiger partial charge is 0.441 e. The molecular formula is C21H28ClN3O2.